The van der Waals surface area contributed by atoms with Crippen LogP contribution in [0.1, 0.15) is 0 Å². The van der Waals surface area contributed by atoms with Gasteiger partial charge in [0.05, 0.1) is 0 Å². The minimum absolute atomic E-state index is 0. The molecule has 0 aromatic carbocycles. The monoisotopic (exact) mass is 141 g/mol. The van der Waals surface area contributed by atoms with Crippen LogP contribution in [0.5, 0.6) is 0 Å². The second-order valence-corrected chi connectivity index (χ2v) is 0. The third kappa shape index (κ3) is 43.7. The van der Waals surface area contributed by atoms with Crippen molar-refractivity contribution in [3.05, 3.63) is 19.7 Å². The molecule has 0 radical (unpaired) electrons. The molecule has 0 spiro atoms. The Morgan fingerprint density at radius 2 is 0.571 bits per heavy atom. The van der Waals surface area contributed by atoms with E-state index in [1.54, 1.807) is 0 Å². The predicted octanol–water partition coefficient (Wildman–Crippen LogP) is 0.287. The van der Waals surface area contributed by atoms with E-state index in [2.05, 4.69) is 0 Å². The Morgan fingerprint density at radius 3 is 0.571 bits per heavy atom. The van der Waals surface area contributed by atoms with E-state index in [1.165, 1.54) is 0 Å². The maximum Gasteiger partial charge on any atom is 1.00 e. The summed E-state index contributed by atoms with van der Waals surface area (Å²) in [6.45, 7) is 14.2. The van der Waals surface area contributed by atoms with Crippen LogP contribution in [0.15, 0.2) is 0 Å². The Bertz CT molecular complexity index is 38.7. The first-order valence-electron chi connectivity index (χ1n) is 0.671. The summed E-state index contributed by atoms with van der Waals surface area (Å²) in [7, 11) is 0. The van der Waals surface area contributed by atoms with Crippen LogP contribution in [0.3, 0.4) is 0 Å². The van der Waals surface area contributed by atoms with E-state index in [9.17, 15) is 0 Å². The summed E-state index contributed by atoms with van der Waals surface area (Å²) in [5.41, 5.74) is 0. The van der Waals surface area contributed by atoms with Crippen LogP contribution in [0, 0.1) is 35.5 Å². The van der Waals surface area contributed by atoms with E-state index < -0.39 is 0 Å². The quantitative estimate of drug-likeness (QED) is 0.360. The van der Waals surface area contributed by atoms with E-state index in [1.807, 2.05) is 0 Å². The van der Waals surface area contributed by atoms with Crippen LogP contribution in [0.4, 0.5) is 0 Å². The van der Waals surface area contributed by atoms with Crippen molar-refractivity contribution >= 4 is 0 Å². The summed E-state index contributed by atoms with van der Waals surface area (Å²) in [6, 6.07) is 0. The van der Waals surface area contributed by atoms with Gasteiger partial charge in [-0.1, -0.05) is 0 Å². The van der Waals surface area contributed by atoms with Crippen molar-refractivity contribution in [2.75, 3.05) is 0 Å². The molecule has 0 aromatic rings. The maximum absolute atomic E-state index is 6.25. The van der Waals surface area contributed by atoms with Gasteiger partial charge in [-0.25, -0.2) is 0 Å². The Balaban J connectivity index is -0.00000000900. The third-order valence-electron chi connectivity index (χ3n) is 0. The van der Waals surface area contributed by atoms with Gasteiger partial charge in [0.1, 0.15) is 0 Å². The van der Waals surface area contributed by atoms with E-state index >= 15 is 0 Å². The zero-order valence-corrected chi connectivity index (χ0v) is 4.08. The molecule has 7 heavy (non-hydrogen) atoms. The Morgan fingerprint density at radius 1 is 0.571 bits per heavy atom. The first-order chi connectivity index (χ1) is 3.00. The van der Waals surface area contributed by atoms with Crippen LogP contribution in [-0.2, 0) is 17.1 Å². The fourth-order valence-electron chi connectivity index (χ4n) is 0. The molecular weight excluding hydrogens is 142 g/mol. The summed E-state index contributed by atoms with van der Waals surface area (Å²) in [6.07, 6.45) is 0. The van der Waals surface area contributed by atoms with Gasteiger partial charge in [0.15, 0.2) is 0 Å². The topological polar surface area (TPSA) is 71.4 Å². The molecule has 0 N–H and O–H groups in total. The van der Waals surface area contributed by atoms with Crippen LogP contribution >= 0.6 is 0 Å². The second kappa shape index (κ2) is 77.8. The number of hydrogen-bond acceptors (Lipinski definition) is 3. The van der Waals surface area contributed by atoms with Crippen molar-refractivity contribution in [1.29, 1.82) is 15.8 Å². The number of nitrogens with zero attached hydrogens (tertiary/aromatic N) is 3. The minimum atomic E-state index is 0. The molecule has 3 nitrogen and oxygen atoms in total. The van der Waals surface area contributed by atoms with E-state index in [-0.39, 0.29) is 17.1 Å². The minimum Gasteiger partial charge on any atom is -0.512 e. The molecule has 0 fully saturated rings. The number of rotatable bonds is 0. The van der Waals surface area contributed by atoms with Crippen LogP contribution < -0.4 is 0 Å². The van der Waals surface area contributed by atoms with Gasteiger partial charge < -0.3 is 35.5 Å². The van der Waals surface area contributed by atoms with Crippen molar-refractivity contribution in [2.45, 2.75) is 0 Å². The maximum atomic E-state index is 6.25. The zero-order chi connectivity index (χ0) is 6.00. The summed E-state index contributed by atoms with van der Waals surface area (Å²) >= 11 is 0. The summed E-state index contributed by atoms with van der Waals surface area (Å²) in [5.74, 6) is 0. The fraction of sp³-hybridized carbons (Fsp3) is 0. The van der Waals surface area contributed by atoms with Gasteiger partial charge in [0, 0.05) is 0 Å². The molecule has 0 saturated heterocycles. The Kier molecular flexibility index (Phi) is 419. The van der Waals surface area contributed by atoms with E-state index in [0.717, 1.165) is 0 Å². The largest absolute Gasteiger partial charge is 1.00 e. The molecule has 0 aromatic heterocycles. The van der Waals surface area contributed by atoms with Crippen molar-refractivity contribution in [3.63, 3.8) is 0 Å². The molecule has 4 heteroatoms. The van der Waals surface area contributed by atoms with Gasteiger partial charge in [-0.2, -0.15) is 0 Å². The molecule has 0 bridgehead atoms. The summed E-state index contributed by atoms with van der Waals surface area (Å²) < 4.78 is 0. The average Bonchev–Trinajstić information content (AvgIpc) is 1.81. The molecule has 0 unspecified atom stereocenters. The molecule has 0 aliphatic heterocycles. The standard InChI is InChI=1S/3CN.Cu/c3*1-2;/q3*-1;+1. The average molecular weight is 142 g/mol. The SMILES string of the molecule is [C-]#N.[C-]#N.[C-]#N.[Cu+]. The van der Waals surface area contributed by atoms with Gasteiger partial charge in [-0.3, -0.25) is 0 Å². The van der Waals surface area contributed by atoms with Gasteiger partial charge in [-0.05, 0) is 0 Å². The number of hydrogen-bond donors (Lipinski definition) is 0. The normalized spacial score (nSPS) is 0.857. The molecule has 0 rings (SSSR count). The van der Waals surface area contributed by atoms with Gasteiger partial charge in [-0.15, -0.1) is 0 Å². The predicted molar refractivity (Wildman–Crippen MR) is 14.9 cm³/mol. The zero-order valence-electron chi connectivity index (χ0n) is 3.14. The van der Waals surface area contributed by atoms with Crippen LogP contribution in [0.2, 0.25) is 0 Å². The van der Waals surface area contributed by atoms with E-state index in [0.29, 0.717) is 0 Å². The summed E-state index contributed by atoms with van der Waals surface area (Å²) in [5, 5.41) is 18.8. The Labute approximate surface area is 53.3 Å². The Hall–Kier alpha value is -1.01. The van der Waals surface area contributed by atoms with Crippen LogP contribution in [-0.4, -0.2) is 0 Å². The molecule has 0 amide bonds. The van der Waals surface area contributed by atoms with Gasteiger partial charge in [0.25, 0.3) is 0 Å². The first kappa shape index (κ1) is 37.7. The smallest absolute Gasteiger partial charge is 0.512 e. The third-order valence-corrected chi connectivity index (χ3v) is 0. The van der Waals surface area contributed by atoms with Crippen molar-refractivity contribution in [2.24, 2.45) is 0 Å². The molecule has 0 saturated carbocycles. The summed E-state index contributed by atoms with van der Waals surface area (Å²) in [4.78, 5) is 0. The molecule has 0 aliphatic carbocycles. The first-order valence-corrected chi connectivity index (χ1v) is 0.671. The second-order valence-electron chi connectivity index (χ2n) is 0. The van der Waals surface area contributed by atoms with Gasteiger partial charge >= 0.3 is 17.1 Å². The molecular formula is C3CuN3-2. The van der Waals surface area contributed by atoms with E-state index in [4.69, 9.17) is 35.5 Å². The van der Waals surface area contributed by atoms with Crippen molar-refractivity contribution in [3.8, 4) is 0 Å². The van der Waals surface area contributed by atoms with Crippen molar-refractivity contribution in [1.82, 2.24) is 0 Å². The molecule has 0 aliphatic rings. The molecule has 0 heterocycles. The van der Waals surface area contributed by atoms with Crippen LogP contribution in [0.25, 0.3) is 0 Å². The molecule has 0 atom stereocenters. The fourth-order valence-corrected chi connectivity index (χ4v) is 0. The van der Waals surface area contributed by atoms with Gasteiger partial charge in [0.2, 0.25) is 0 Å². The molecule has 40 valence electrons. The van der Waals surface area contributed by atoms with Crippen molar-refractivity contribution < 1.29 is 17.1 Å².